The Morgan fingerprint density at radius 2 is 1.79 bits per heavy atom. The van der Waals surface area contributed by atoms with Crippen LogP contribution in [0.15, 0.2) is 60.7 Å². The fourth-order valence-corrected chi connectivity index (χ4v) is 4.35. The molecule has 2 heterocycles. The van der Waals surface area contributed by atoms with Gasteiger partial charge in [0.1, 0.15) is 6.61 Å². The van der Waals surface area contributed by atoms with E-state index in [-0.39, 0.29) is 17.8 Å². The topological polar surface area (TPSA) is 58.6 Å². The van der Waals surface area contributed by atoms with Crippen molar-refractivity contribution in [2.45, 2.75) is 19.4 Å². The smallest absolute Gasteiger partial charge is 0.309 e. The first-order chi connectivity index (χ1) is 14.2. The Kier molecular flexibility index (Phi) is 4.43. The monoisotopic (exact) mass is 386 g/mol. The van der Waals surface area contributed by atoms with Gasteiger partial charge < -0.3 is 15.0 Å². The summed E-state index contributed by atoms with van der Waals surface area (Å²) in [6, 6.07) is 19.7. The van der Waals surface area contributed by atoms with Gasteiger partial charge in [-0.15, -0.1) is 0 Å². The molecule has 1 fully saturated rings. The van der Waals surface area contributed by atoms with E-state index in [0.717, 1.165) is 59.2 Å². The highest BCUT2D eigenvalue weighted by atomic mass is 16.5. The number of anilines is 2. The molecule has 5 nitrogen and oxygen atoms in total. The maximum absolute atomic E-state index is 12.5. The lowest BCUT2D eigenvalue weighted by atomic mass is 9.95. The van der Waals surface area contributed by atoms with Crippen molar-refractivity contribution >= 4 is 34.0 Å². The Balaban J connectivity index is 1.27. The van der Waals surface area contributed by atoms with E-state index in [2.05, 4.69) is 16.3 Å². The number of esters is 1. The number of rotatable bonds is 4. The molecule has 29 heavy (non-hydrogen) atoms. The molecular weight excluding hydrogens is 364 g/mol. The third-order valence-electron chi connectivity index (χ3n) is 5.90. The van der Waals surface area contributed by atoms with Crippen molar-refractivity contribution in [1.82, 2.24) is 0 Å². The number of nitrogens with zero attached hydrogens (tertiary/aromatic N) is 1. The summed E-state index contributed by atoms with van der Waals surface area (Å²) < 4.78 is 5.53. The van der Waals surface area contributed by atoms with E-state index in [1.807, 2.05) is 54.6 Å². The standard InChI is InChI=1S/C24H22N2O3/c27-23-19-9-10-21(18-7-4-8-20(25-23)22(18)19)26-13-11-17(12-14-26)24(28)29-15-16-5-2-1-3-6-16/h1-10,17H,11-15H2,(H,25,27). The normalized spacial score (nSPS) is 16.1. The highest BCUT2D eigenvalue weighted by Crippen LogP contribution is 2.39. The third-order valence-corrected chi connectivity index (χ3v) is 5.90. The second-order valence-corrected chi connectivity index (χ2v) is 7.67. The predicted molar refractivity (Wildman–Crippen MR) is 113 cm³/mol. The van der Waals surface area contributed by atoms with E-state index in [9.17, 15) is 9.59 Å². The zero-order valence-corrected chi connectivity index (χ0v) is 16.1. The van der Waals surface area contributed by atoms with Gasteiger partial charge >= 0.3 is 5.97 Å². The molecule has 0 unspecified atom stereocenters. The summed E-state index contributed by atoms with van der Waals surface area (Å²) in [5.74, 6) is -0.207. The number of hydrogen-bond acceptors (Lipinski definition) is 4. The zero-order valence-electron chi connectivity index (χ0n) is 16.1. The number of carbonyl (C=O) groups is 2. The lowest BCUT2D eigenvalue weighted by Crippen LogP contribution is -2.37. The minimum absolute atomic E-state index is 0.0392. The van der Waals surface area contributed by atoms with Gasteiger partial charge in [-0.1, -0.05) is 42.5 Å². The van der Waals surface area contributed by atoms with Gasteiger partial charge in [0.25, 0.3) is 5.91 Å². The Morgan fingerprint density at radius 3 is 2.59 bits per heavy atom. The Labute approximate surface area is 169 Å². The van der Waals surface area contributed by atoms with Crippen LogP contribution >= 0.6 is 0 Å². The molecule has 0 atom stereocenters. The van der Waals surface area contributed by atoms with E-state index in [4.69, 9.17) is 4.74 Å². The summed E-state index contributed by atoms with van der Waals surface area (Å²) in [7, 11) is 0. The van der Waals surface area contributed by atoms with Crippen LogP contribution in [-0.2, 0) is 16.1 Å². The SMILES string of the molecule is O=C1Nc2cccc3c(N4CCC(C(=O)OCc5ccccc5)CC4)ccc1c23. The average molecular weight is 386 g/mol. The number of carbonyl (C=O) groups excluding carboxylic acids is 2. The van der Waals surface area contributed by atoms with Crippen LogP contribution < -0.4 is 10.2 Å². The molecule has 2 aliphatic rings. The second-order valence-electron chi connectivity index (χ2n) is 7.67. The fraction of sp³-hybridized carbons (Fsp3) is 0.250. The molecule has 0 radical (unpaired) electrons. The number of benzene rings is 3. The minimum atomic E-state index is -0.108. The molecule has 3 aromatic rings. The molecule has 3 aromatic carbocycles. The van der Waals surface area contributed by atoms with Gasteiger partial charge in [0, 0.05) is 40.8 Å². The first-order valence-electron chi connectivity index (χ1n) is 10.0. The van der Waals surface area contributed by atoms with Gasteiger partial charge in [0.05, 0.1) is 5.92 Å². The summed E-state index contributed by atoms with van der Waals surface area (Å²) in [5, 5.41) is 5.02. The zero-order chi connectivity index (χ0) is 19.8. The Hall–Kier alpha value is -3.34. The minimum Gasteiger partial charge on any atom is -0.461 e. The van der Waals surface area contributed by atoms with E-state index in [1.54, 1.807) is 0 Å². The van der Waals surface area contributed by atoms with Crippen LogP contribution in [0.4, 0.5) is 11.4 Å². The molecular formula is C24H22N2O3. The van der Waals surface area contributed by atoms with Crippen molar-refractivity contribution in [3.05, 3.63) is 71.8 Å². The number of nitrogens with one attached hydrogen (secondary N) is 1. The van der Waals surface area contributed by atoms with Gasteiger partial charge in [-0.2, -0.15) is 0 Å². The molecule has 1 N–H and O–H groups in total. The van der Waals surface area contributed by atoms with Crippen LogP contribution in [0.1, 0.15) is 28.8 Å². The van der Waals surface area contributed by atoms with Gasteiger partial charge in [-0.3, -0.25) is 9.59 Å². The largest absolute Gasteiger partial charge is 0.461 e. The van der Waals surface area contributed by atoms with Crippen molar-refractivity contribution < 1.29 is 14.3 Å². The lowest BCUT2D eigenvalue weighted by molar-refractivity contribution is -0.150. The van der Waals surface area contributed by atoms with E-state index >= 15 is 0 Å². The second kappa shape index (κ2) is 7.24. The molecule has 1 saturated heterocycles. The van der Waals surface area contributed by atoms with Crippen molar-refractivity contribution in [3.8, 4) is 0 Å². The van der Waals surface area contributed by atoms with Crippen molar-refractivity contribution in [3.63, 3.8) is 0 Å². The maximum atomic E-state index is 12.5. The van der Waals surface area contributed by atoms with E-state index in [1.165, 1.54) is 0 Å². The average Bonchev–Trinajstić information content (AvgIpc) is 3.10. The first-order valence-corrected chi connectivity index (χ1v) is 10.0. The third kappa shape index (κ3) is 3.23. The summed E-state index contributed by atoms with van der Waals surface area (Å²) in [4.78, 5) is 26.9. The summed E-state index contributed by atoms with van der Waals surface area (Å²) in [5.41, 5.74) is 3.75. The quantitative estimate of drug-likeness (QED) is 0.677. The molecule has 0 bridgehead atoms. The predicted octanol–water partition coefficient (Wildman–Crippen LogP) is 4.37. The Morgan fingerprint density at radius 1 is 1.00 bits per heavy atom. The summed E-state index contributed by atoms with van der Waals surface area (Å²) in [6.45, 7) is 1.92. The van der Waals surface area contributed by atoms with Gasteiger partial charge in [-0.05, 0) is 36.6 Å². The molecule has 2 aliphatic heterocycles. The van der Waals surface area contributed by atoms with Crippen LogP contribution in [-0.4, -0.2) is 25.0 Å². The van der Waals surface area contributed by atoms with Crippen LogP contribution in [0, 0.1) is 5.92 Å². The van der Waals surface area contributed by atoms with Gasteiger partial charge in [-0.25, -0.2) is 0 Å². The lowest BCUT2D eigenvalue weighted by Gasteiger charge is -2.33. The molecule has 0 spiro atoms. The summed E-state index contributed by atoms with van der Waals surface area (Å²) >= 11 is 0. The number of ether oxygens (including phenoxy) is 1. The highest BCUT2D eigenvalue weighted by Gasteiger charge is 2.29. The van der Waals surface area contributed by atoms with Crippen LogP contribution in [0.2, 0.25) is 0 Å². The van der Waals surface area contributed by atoms with Crippen molar-refractivity contribution in [2.75, 3.05) is 23.3 Å². The van der Waals surface area contributed by atoms with Crippen molar-refractivity contribution in [1.29, 1.82) is 0 Å². The molecule has 5 heteroatoms. The van der Waals surface area contributed by atoms with E-state index < -0.39 is 0 Å². The molecule has 1 amide bonds. The number of piperidine rings is 1. The van der Waals surface area contributed by atoms with E-state index in [0.29, 0.717) is 6.61 Å². The van der Waals surface area contributed by atoms with Gasteiger partial charge in [0.15, 0.2) is 0 Å². The maximum Gasteiger partial charge on any atom is 0.309 e. The van der Waals surface area contributed by atoms with Crippen LogP contribution in [0.3, 0.4) is 0 Å². The Bertz CT molecular complexity index is 1090. The first kappa shape index (κ1) is 17.7. The van der Waals surface area contributed by atoms with Crippen LogP contribution in [0.5, 0.6) is 0 Å². The van der Waals surface area contributed by atoms with Gasteiger partial charge in [0.2, 0.25) is 0 Å². The summed E-state index contributed by atoms with van der Waals surface area (Å²) in [6.07, 6.45) is 1.54. The fourth-order valence-electron chi connectivity index (χ4n) is 4.35. The number of hydrogen-bond donors (Lipinski definition) is 1. The highest BCUT2D eigenvalue weighted by molar-refractivity contribution is 6.25. The molecule has 5 rings (SSSR count). The van der Waals surface area contributed by atoms with Crippen LogP contribution in [0.25, 0.3) is 10.8 Å². The molecule has 146 valence electrons. The molecule has 0 aliphatic carbocycles. The molecule has 0 aromatic heterocycles. The van der Waals surface area contributed by atoms with Crippen molar-refractivity contribution in [2.24, 2.45) is 5.92 Å². The number of amides is 1. The molecule has 0 saturated carbocycles.